The third kappa shape index (κ3) is 3.00. The molecule has 22 heavy (non-hydrogen) atoms. The SMILES string of the molecule is CC1OCCC1S(=O)(=O)NCC(C)N1CCc2ccccc21. The Kier molecular flexibility index (Phi) is 4.43. The van der Waals surface area contributed by atoms with E-state index in [-0.39, 0.29) is 12.1 Å². The summed E-state index contributed by atoms with van der Waals surface area (Å²) >= 11 is 0. The van der Waals surface area contributed by atoms with Crippen molar-refractivity contribution in [2.75, 3.05) is 24.6 Å². The van der Waals surface area contributed by atoms with Crippen molar-refractivity contribution in [1.29, 1.82) is 0 Å². The molecule has 5 nitrogen and oxygen atoms in total. The van der Waals surface area contributed by atoms with Gasteiger partial charge in [0.2, 0.25) is 10.0 Å². The van der Waals surface area contributed by atoms with Crippen molar-refractivity contribution >= 4 is 15.7 Å². The van der Waals surface area contributed by atoms with Crippen molar-refractivity contribution in [3.05, 3.63) is 29.8 Å². The molecule has 1 N–H and O–H groups in total. The van der Waals surface area contributed by atoms with Crippen molar-refractivity contribution in [2.24, 2.45) is 0 Å². The van der Waals surface area contributed by atoms with Crippen LogP contribution < -0.4 is 9.62 Å². The van der Waals surface area contributed by atoms with Gasteiger partial charge in [-0.3, -0.25) is 0 Å². The van der Waals surface area contributed by atoms with E-state index in [1.165, 1.54) is 11.3 Å². The second kappa shape index (κ2) is 6.18. The molecule has 1 saturated heterocycles. The first-order valence-corrected chi connectivity index (χ1v) is 9.48. The fourth-order valence-electron chi connectivity index (χ4n) is 3.40. The molecule has 3 rings (SSSR count). The Balaban J connectivity index is 1.62. The summed E-state index contributed by atoms with van der Waals surface area (Å²) in [6.07, 6.45) is 1.39. The van der Waals surface area contributed by atoms with Gasteiger partial charge in [0.15, 0.2) is 0 Å². The van der Waals surface area contributed by atoms with Crippen LogP contribution in [0.3, 0.4) is 0 Å². The first-order chi connectivity index (χ1) is 10.5. The van der Waals surface area contributed by atoms with Gasteiger partial charge >= 0.3 is 0 Å². The van der Waals surface area contributed by atoms with E-state index < -0.39 is 15.3 Å². The van der Waals surface area contributed by atoms with Gasteiger partial charge < -0.3 is 9.64 Å². The summed E-state index contributed by atoms with van der Waals surface area (Å²) in [4.78, 5) is 2.28. The van der Waals surface area contributed by atoms with E-state index in [9.17, 15) is 8.42 Å². The Morgan fingerprint density at radius 3 is 2.91 bits per heavy atom. The smallest absolute Gasteiger partial charge is 0.217 e. The Morgan fingerprint density at radius 1 is 1.41 bits per heavy atom. The van der Waals surface area contributed by atoms with Gasteiger partial charge in [-0.1, -0.05) is 18.2 Å². The standard InChI is InChI=1S/C16H24N2O3S/c1-12(18-9-7-14-5-3-4-6-15(14)18)11-17-22(19,20)16-8-10-21-13(16)2/h3-6,12-13,16-17H,7-11H2,1-2H3. The zero-order valence-corrected chi connectivity index (χ0v) is 14.0. The maximum Gasteiger partial charge on any atom is 0.217 e. The van der Waals surface area contributed by atoms with Gasteiger partial charge in [-0.15, -0.1) is 0 Å². The molecule has 0 bridgehead atoms. The molecular weight excluding hydrogens is 300 g/mol. The van der Waals surface area contributed by atoms with Crippen molar-refractivity contribution < 1.29 is 13.2 Å². The van der Waals surface area contributed by atoms with Crippen LogP contribution in [0.2, 0.25) is 0 Å². The molecule has 3 unspecified atom stereocenters. The second-order valence-electron chi connectivity index (χ2n) is 6.22. The van der Waals surface area contributed by atoms with Gasteiger partial charge in [0.1, 0.15) is 5.25 Å². The molecule has 2 aliphatic rings. The Morgan fingerprint density at radius 2 is 2.18 bits per heavy atom. The molecule has 0 saturated carbocycles. The number of nitrogens with one attached hydrogen (secondary N) is 1. The Labute approximate surface area is 132 Å². The summed E-state index contributed by atoms with van der Waals surface area (Å²) in [6.45, 7) is 5.81. The predicted octanol–water partition coefficient (Wildman–Crippen LogP) is 1.53. The van der Waals surface area contributed by atoms with Crippen LogP contribution in [-0.4, -0.2) is 45.5 Å². The lowest BCUT2D eigenvalue weighted by molar-refractivity contribution is 0.126. The van der Waals surface area contributed by atoms with Crippen LogP contribution in [0.1, 0.15) is 25.8 Å². The quantitative estimate of drug-likeness (QED) is 0.892. The van der Waals surface area contributed by atoms with Crippen LogP contribution in [0, 0.1) is 0 Å². The molecule has 0 spiro atoms. The zero-order chi connectivity index (χ0) is 15.7. The van der Waals surface area contributed by atoms with Gasteiger partial charge in [-0.2, -0.15) is 0 Å². The number of sulfonamides is 1. The Bertz CT molecular complexity index is 632. The molecule has 2 heterocycles. The van der Waals surface area contributed by atoms with E-state index >= 15 is 0 Å². The van der Waals surface area contributed by atoms with Gasteiger partial charge in [0.25, 0.3) is 0 Å². The zero-order valence-electron chi connectivity index (χ0n) is 13.2. The first-order valence-electron chi connectivity index (χ1n) is 7.93. The van der Waals surface area contributed by atoms with Crippen LogP contribution in [-0.2, 0) is 21.2 Å². The van der Waals surface area contributed by atoms with Crippen molar-refractivity contribution in [3.63, 3.8) is 0 Å². The Hall–Kier alpha value is -1.11. The molecule has 6 heteroatoms. The maximum atomic E-state index is 12.4. The highest BCUT2D eigenvalue weighted by Crippen LogP contribution is 2.29. The number of anilines is 1. The molecule has 122 valence electrons. The summed E-state index contributed by atoms with van der Waals surface area (Å²) in [6, 6.07) is 8.48. The number of para-hydroxylation sites is 1. The number of hydrogen-bond donors (Lipinski definition) is 1. The second-order valence-corrected chi connectivity index (χ2v) is 8.20. The summed E-state index contributed by atoms with van der Waals surface area (Å²) in [5.41, 5.74) is 2.57. The van der Waals surface area contributed by atoms with Gasteiger partial charge in [-0.05, 0) is 38.3 Å². The van der Waals surface area contributed by atoms with Crippen LogP contribution in [0.4, 0.5) is 5.69 Å². The van der Waals surface area contributed by atoms with Crippen molar-refractivity contribution in [1.82, 2.24) is 4.72 Å². The minimum absolute atomic E-state index is 0.135. The number of ether oxygens (including phenoxy) is 1. The van der Waals surface area contributed by atoms with E-state index in [0.29, 0.717) is 19.6 Å². The van der Waals surface area contributed by atoms with Gasteiger partial charge in [0.05, 0.1) is 6.10 Å². The topological polar surface area (TPSA) is 58.6 Å². The van der Waals surface area contributed by atoms with Crippen LogP contribution in [0.25, 0.3) is 0 Å². The highest BCUT2D eigenvalue weighted by atomic mass is 32.2. The summed E-state index contributed by atoms with van der Waals surface area (Å²) in [7, 11) is -3.31. The summed E-state index contributed by atoms with van der Waals surface area (Å²) < 4.78 is 33.0. The number of nitrogens with zero attached hydrogens (tertiary/aromatic N) is 1. The van der Waals surface area contributed by atoms with Crippen molar-refractivity contribution in [2.45, 2.75) is 44.1 Å². The van der Waals surface area contributed by atoms with Crippen LogP contribution in [0.15, 0.2) is 24.3 Å². The van der Waals surface area contributed by atoms with E-state index in [1.807, 2.05) is 13.0 Å². The van der Waals surface area contributed by atoms with Gasteiger partial charge in [-0.25, -0.2) is 13.1 Å². The molecule has 3 atom stereocenters. The fourth-order valence-corrected chi connectivity index (χ4v) is 5.07. The number of rotatable bonds is 5. The normalized spacial score (nSPS) is 26.2. The monoisotopic (exact) mass is 324 g/mol. The predicted molar refractivity (Wildman–Crippen MR) is 87.7 cm³/mol. The lowest BCUT2D eigenvalue weighted by atomic mass is 10.2. The largest absolute Gasteiger partial charge is 0.377 e. The highest BCUT2D eigenvalue weighted by molar-refractivity contribution is 7.90. The van der Waals surface area contributed by atoms with E-state index in [2.05, 4.69) is 34.7 Å². The van der Waals surface area contributed by atoms with E-state index in [4.69, 9.17) is 4.74 Å². The van der Waals surface area contributed by atoms with Crippen molar-refractivity contribution in [3.8, 4) is 0 Å². The third-order valence-electron chi connectivity index (χ3n) is 4.74. The average molecular weight is 324 g/mol. The lowest BCUT2D eigenvalue weighted by Crippen LogP contribution is -2.45. The number of hydrogen-bond acceptors (Lipinski definition) is 4. The van der Waals surface area contributed by atoms with Gasteiger partial charge in [0, 0.05) is 31.4 Å². The number of fused-ring (bicyclic) bond motifs is 1. The lowest BCUT2D eigenvalue weighted by Gasteiger charge is -2.28. The molecule has 0 amide bonds. The molecule has 2 aliphatic heterocycles. The summed E-state index contributed by atoms with van der Waals surface area (Å²) in [5, 5.41) is -0.425. The molecular formula is C16H24N2O3S. The average Bonchev–Trinajstić information content (AvgIpc) is 3.11. The third-order valence-corrected chi connectivity index (χ3v) is 6.73. The minimum Gasteiger partial charge on any atom is -0.377 e. The molecule has 0 radical (unpaired) electrons. The maximum absolute atomic E-state index is 12.4. The molecule has 1 aromatic carbocycles. The van der Waals surface area contributed by atoms with Crippen LogP contribution >= 0.6 is 0 Å². The fraction of sp³-hybridized carbons (Fsp3) is 0.625. The minimum atomic E-state index is -3.31. The van der Waals surface area contributed by atoms with E-state index in [0.717, 1.165) is 13.0 Å². The number of benzene rings is 1. The molecule has 1 aromatic rings. The molecule has 1 fully saturated rings. The first kappa shape index (κ1) is 15.8. The van der Waals surface area contributed by atoms with Crippen LogP contribution in [0.5, 0.6) is 0 Å². The molecule has 0 aromatic heterocycles. The summed E-state index contributed by atoms with van der Waals surface area (Å²) in [5.74, 6) is 0. The highest BCUT2D eigenvalue weighted by Gasteiger charge is 2.36. The van der Waals surface area contributed by atoms with E-state index in [1.54, 1.807) is 0 Å². The molecule has 0 aliphatic carbocycles.